The first-order valence-corrected chi connectivity index (χ1v) is 6.53. The van der Waals surface area contributed by atoms with Crippen LogP contribution in [0.1, 0.15) is 30.5 Å². The fourth-order valence-electron chi connectivity index (χ4n) is 2.83. The van der Waals surface area contributed by atoms with E-state index in [2.05, 4.69) is 27.4 Å². The minimum Gasteiger partial charge on any atom is -0.339 e. The lowest BCUT2D eigenvalue weighted by Crippen LogP contribution is -2.15. The Morgan fingerprint density at radius 2 is 2.41 bits per heavy atom. The second-order valence-corrected chi connectivity index (χ2v) is 5.36. The molecule has 0 spiro atoms. The van der Waals surface area contributed by atoms with E-state index in [1.165, 1.54) is 13.0 Å². The number of nitrogens with zero attached hydrogens (tertiary/aromatic N) is 3. The van der Waals surface area contributed by atoms with Gasteiger partial charge in [-0.25, -0.2) is 0 Å². The van der Waals surface area contributed by atoms with E-state index in [4.69, 9.17) is 4.52 Å². The van der Waals surface area contributed by atoms with Crippen LogP contribution in [0.15, 0.2) is 4.52 Å². The molecule has 1 N–H and O–H groups in total. The Morgan fingerprint density at radius 1 is 1.47 bits per heavy atom. The molecule has 2 fully saturated rings. The molecule has 0 radical (unpaired) electrons. The Morgan fingerprint density at radius 3 is 3.12 bits per heavy atom. The van der Waals surface area contributed by atoms with Gasteiger partial charge in [0.1, 0.15) is 0 Å². The van der Waals surface area contributed by atoms with E-state index in [0.717, 1.165) is 44.2 Å². The fourth-order valence-corrected chi connectivity index (χ4v) is 2.83. The maximum absolute atomic E-state index is 5.37. The molecule has 2 saturated heterocycles. The van der Waals surface area contributed by atoms with Crippen LogP contribution in [0.2, 0.25) is 0 Å². The molecule has 5 nitrogen and oxygen atoms in total. The van der Waals surface area contributed by atoms with Crippen molar-refractivity contribution in [3.63, 3.8) is 0 Å². The van der Waals surface area contributed by atoms with Gasteiger partial charge in [0.05, 0.1) is 0 Å². The topological polar surface area (TPSA) is 54.2 Å². The van der Waals surface area contributed by atoms with Gasteiger partial charge in [0, 0.05) is 25.4 Å². The van der Waals surface area contributed by atoms with Crippen LogP contribution in [0.3, 0.4) is 0 Å². The highest BCUT2D eigenvalue weighted by molar-refractivity contribution is 5.00. The molecule has 2 aliphatic heterocycles. The summed E-state index contributed by atoms with van der Waals surface area (Å²) in [4.78, 5) is 6.91. The molecule has 3 rings (SSSR count). The first-order chi connectivity index (χ1) is 8.31. The Kier molecular flexibility index (Phi) is 3.11. The molecule has 0 aromatic carbocycles. The lowest BCUT2D eigenvalue weighted by atomic mass is 10.1. The van der Waals surface area contributed by atoms with Crippen LogP contribution in [0, 0.1) is 5.92 Å². The Bertz CT molecular complexity index is 372. The molecule has 94 valence electrons. The fraction of sp³-hybridized carbons (Fsp3) is 0.833. The molecule has 1 aromatic heterocycles. The molecule has 0 amide bonds. The summed E-state index contributed by atoms with van der Waals surface area (Å²) >= 11 is 0. The van der Waals surface area contributed by atoms with Crippen molar-refractivity contribution in [2.24, 2.45) is 5.92 Å². The van der Waals surface area contributed by atoms with Crippen molar-refractivity contribution in [1.82, 2.24) is 20.4 Å². The van der Waals surface area contributed by atoms with E-state index in [0.29, 0.717) is 11.8 Å². The molecule has 2 aliphatic rings. The molecular formula is C12H20N4O. The van der Waals surface area contributed by atoms with Crippen molar-refractivity contribution in [3.8, 4) is 0 Å². The minimum atomic E-state index is 0.457. The van der Waals surface area contributed by atoms with Crippen molar-refractivity contribution < 1.29 is 4.52 Å². The van der Waals surface area contributed by atoms with Gasteiger partial charge in [-0.2, -0.15) is 4.98 Å². The van der Waals surface area contributed by atoms with E-state index in [1.807, 2.05) is 0 Å². The summed E-state index contributed by atoms with van der Waals surface area (Å²) in [5, 5.41) is 7.45. The summed E-state index contributed by atoms with van der Waals surface area (Å²) in [6.45, 7) is 4.41. The normalized spacial score (nSPS) is 30.2. The molecule has 0 bridgehead atoms. The summed E-state index contributed by atoms with van der Waals surface area (Å²) in [5.41, 5.74) is 0. The third-order valence-corrected chi connectivity index (χ3v) is 3.86. The lowest BCUT2D eigenvalue weighted by Gasteiger charge is -2.06. The van der Waals surface area contributed by atoms with E-state index < -0.39 is 0 Å². The summed E-state index contributed by atoms with van der Waals surface area (Å²) in [5.74, 6) is 2.87. The standard InChI is InChI=1S/C12H20N4O/c1-16-5-3-9(8-16)6-11-14-12(15-17-11)10-2-4-13-7-10/h9-10,13H,2-8H2,1H3. The monoisotopic (exact) mass is 236 g/mol. The first kappa shape index (κ1) is 11.2. The van der Waals surface area contributed by atoms with Crippen LogP contribution in [-0.4, -0.2) is 48.3 Å². The van der Waals surface area contributed by atoms with Crippen molar-refractivity contribution in [1.29, 1.82) is 0 Å². The van der Waals surface area contributed by atoms with Gasteiger partial charge < -0.3 is 14.7 Å². The maximum atomic E-state index is 5.37. The van der Waals surface area contributed by atoms with Gasteiger partial charge in [-0.3, -0.25) is 0 Å². The number of aromatic nitrogens is 2. The Labute approximate surface area is 102 Å². The van der Waals surface area contributed by atoms with Crippen molar-refractivity contribution in [2.75, 3.05) is 33.2 Å². The Hall–Kier alpha value is -0.940. The van der Waals surface area contributed by atoms with Crippen molar-refractivity contribution in [2.45, 2.75) is 25.2 Å². The SMILES string of the molecule is CN1CCC(Cc2nc(C3CCNC3)no2)C1. The minimum absolute atomic E-state index is 0.457. The molecule has 0 aliphatic carbocycles. The van der Waals surface area contributed by atoms with E-state index in [-0.39, 0.29) is 0 Å². The third-order valence-electron chi connectivity index (χ3n) is 3.86. The van der Waals surface area contributed by atoms with Gasteiger partial charge in [-0.15, -0.1) is 0 Å². The van der Waals surface area contributed by atoms with Crippen LogP contribution in [0.5, 0.6) is 0 Å². The highest BCUT2D eigenvalue weighted by Crippen LogP contribution is 2.22. The predicted molar refractivity (Wildman–Crippen MR) is 63.8 cm³/mol. The Balaban J connectivity index is 1.60. The van der Waals surface area contributed by atoms with Crippen LogP contribution in [0.25, 0.3) is 0 Å². The van der Waals surface area contributed by atoms with Gasteiger partial charge in [0.25, 0.3) is 0 Å². The van der Waals surface area contributed by atoms with E-state index in [1.54, 1.807) is 0 Å². The van der Waals surface area contributed by atoms with Gasteiger partial charge >= 0.3 is 0 Å². The summed E-state index contributed by atoms with van der Waals surface area (Å²) < 4.78 is 5.37. The van der Waals surface area contributed by atoms with E-state index >= 15 is 0 Å². The highest BCUT2D eigenvalue weighted by atomic mass is 16.5. The highest BCUT2D eigenvalue weighted by Gasteiger charge is 2.25. The van der Waals surface area contributed by atoms with Gasteiger partial charge in [-0.1, -0.05) is 5.16 Å². The summed E-state index contributed by atoms with van der Waals surface area (Å²) in [7, 11) is 2.17. The first-order valence-electron chi connectivity index (χ1n) is 6.53. The number of rotatable bonds is 3. The zero-order chi connectivity index (χ0) is 11.7. The van der Waals surface area contributed by atoms with Crippen LogP contribution in [-0.2, 0) is 6.42 Å². The molecule has 5 heteroatoms. The summed E-state index contributed by atoms with van der Waals surface area (Å²) in [6.07, 6.45) is 3.32. The number of nitrogens with one attached hydrogen (secondary N) is 1. The smallest absolute Gasteiger partial charge is 0.226 e. The largest absolute Gasteiger partial charge is 0.339 e. The van der Waals surface area contributed by atoms with Crippen molar-refractivity contribution in [3.05, 3.63) is 11.7 Å². The van der Waals surface area contributed by atoms with Crippen LogP contribution >= 0.6 is 0 Å². The second kappa shape index (κ2) is 4.74. The van der Waals surface area contributed by atoms with Gasteiger partial charge in [-0.05, 0) is 38.9 Å². The van der Waals surface area contributed by atoms with Crippen LogP contribution < -0.4 is 5.32 Å². The number of hydrogen-bond donors (Lipinski definition) is 1. The molecule has 17 heavy (non-hydrogen) atoms. The summed E-state index contributed by atoms with van der Waals surface area (Å²) in [6, 6.07) is 0. The second-order valence-electron chi connectivity index (χ2n) is 5.36. The molecule has 0 saturated carbocycles. The lowest BCUT2D eigenvalue weighted by molar-refractivity contribution is 0.339. The number of likely N-dealkylation sites (tertiary alicyclic amines) is 1. The maximum Gasteiger partial charge on any atom is 0.226 e. The molecule has 2 atom stereocenters. The molecule has 3 heterocycles. The van der Waals surface area contributed by atoms with Gasteiger partial charge in [0.2, 0.25) is 5.89 Å². The zero-order valence-corrected chi connectivity index (χ0v) is 10.4. The molecule has 2 unspecified atom stereocenters. The average Bonchev–Trinajstić information content (AvgIpc) is 3.00. The van der Waals surface area contributed by atoms with Gasteiger partial charge in [0.15, 0.2) is 5.82 Å². The van der Waals surface area contributed by atoms with E-state index in [9.17, 15) is 0 Å². The quantitative estimate of drug-likeness (QED) is 0.834. The molecule has 1 aromatic rings. The predicted octanol–water partition coefficient (Wildman–Crippen LogP) is 0.641. The number of hydrogen-bond acceptors (Lipinski definition) is 5. The zero-order valence-electron chi connectivity index (χ0n) is 10.4. The third kappa shape index (κ3) is 2.50. The average molecular weight is 236 g/mol. The van der Waals surface area contributed by atoms with Crippen molar-refractivity contribution >= 4 is 0 Å². The molecular weight excluding hydrogens is 216 g/mol. The van der Waals surface area contributed by atoms with Crippen LogP contribution in [0.4, 0.5) is 0 Å².